The molecule has 0 aliphatic carbocycles. The molecular formula is C13H18O3. The van der Waals surface area contributed by atoms with E-state index in [1.165, 1.54) is 0 Å². The van der Waals surface area contributed by atoms with E-state index in [0.29, 0.717) is 5.92 Å². The SMILES string of the molecule is CC(COc1ccccc1C(C)C)C(=O)O. The maximum absolute atomic E-state index is 10.7. The Morgan fingerprint density at radius 3 is 2.50 bits per heavy atom. The second-order valence-corrected chi connectivity index (χ2v) is 4.24. The van der Waals surface area contributed by atoms with Crippen LogP contribution >= 0.6 is 0 Å². The highest BCUT2D eigenvalue weighted by atomic mass is 16.5. The second kappa shape index (κ2) is 5.54. The largest absolute Gasteiger partial charge is 0.492 e. The van der Waals surface area contributed by atoms with Gasteiger partial charge >= 0.3 is 5.97 Å². The highest BCUT2D eigenvalue weighted by Gasteiger charge is 2.13. The summed E-state index contributed by atoms with van der Waals surface area (Å²) in [5, 5.41) is 8.76. The standard InChI is InChI=1S/C13H18O3/c1-9(2)11-6-4-5-7-12(11)16-8-10(3)13(14)15/h4-7,9-10H,8H2,1-3H3,(H,14,15). The van der Waals surface area contributed by atoms with Crippen molar-refractivity contribution in [3.63, 3.8) is 0 Å². The van der Waals surface area contributed by atoms with E-state index in [1.807, 2.05) is 24.3 Å². The number of hydrogen-bond acceptors (Lipinski definition) is 2. The van der Waals surface area contributed by atoms with Crippen molar-refractivity contribution in [2.75, 3.05) is 6.61 Å². The quantitative estimate of drug-likeness (QED) is 0.833. The van der Waals surface area contributed by atoms with Crippen LogP contribution in [0.3, 0.4) is 0 Å². The van der Waals surface area contributed by atoms with Crippen LogP contribution in [0.1, 0.15) is 32.3 Å². The molecule has 1 rings (SSSR count). The molecule has 1 atom stereocenters. The van der Waals surface area contributed by atoms with Crippen molar-refractivity contribution in [3.05, 3.63) is 29.8 Å². The van der Waals surface area contributed by atoms with Gasteiger partial charge in [-0.2, -0.15) is 0 Å². The molecular weight excluding hydrogens is 204 g/mol. The van der Waals surface area contributed by atoms with E-state index in [1.54, 1.807) is 6.92 Å². The fourth-order valence-corrected chi connectivity index (χ4v) is 1.38. The average Bonchev–Trinajstić information content (AvgIpc) is 2.25. The summed E-state index contributed by atoms with van der Waals surface area (Å²) >= 11 is 0. The number of aliphatic carboxylic acids is 1. The summed E-state index contributed by atoms with van der Waals surface area (Å²) in [6, 6.07) is 7.74. The van der Waals surface area contributed by atoms with Crippen molar-refractivity contribution in [2.45, 2.75) is 26.7 Å². The lowest BCUT2D eigenvalue weighted by molar-refractivity contribution is -0.142. The van der Waals surface area contributed by atoms with Crippen LogP contribution < -0.4 is 4.74 Å². The number of hydrogen-bond donors (Lipinski definition) is 1. The lowest BCUT2D eigenvalue weighted by Crippen LogP contribution is -2.18. The molecule has 0 aliphatic heterocycles. The Labute approximate surface area is 96.1 Å². The monoisotopic (exact) mass is 222 g/mol. The minimum Gasteiger partial charge on any atom is -0.492 e. The first-order valence-electron chi connectivity index (χ1n) is 5.47. The second-order valence-electron chi connectivity index (χ2n) is 4.24. The molecule has 0 aromatic heterocycles. The maximum Gasteiger partial charge on any atom is 0.309 e. The number of carbonyl (C=O) groups is 1. The smallest absolute Gasteiger partial charge is 0.309 e. The van der Waals surface area contributed by atoms with Crippen molar-refractivity contribution in [1.82, 2.24) is 0 Å². The molecule has 0 amide bonds. The zero-order valence-corrected chi connectivity index (χ0v) is 9.93. The summed E-state index contributed by atoms with van der Waals surface area (Å²) in [7, 11) is 0. The summed E-state index contributed by atoms with van der Waals surface area (Å²) in [6.07, 6.45) is 0. The van der Waals surface area contributed by atoms with Gasteiger partial charge in [-0.25, -0.2) is 0 Å². The highest BCUT2D eigenvalue weighted by Crippen LogP contribution is 2.26. The Hall–Kier alpha value is -1.51. The molecule has 0 aliphatic rings. The molecule has 3 nitrogen and oxygen atoms in total. The Kier molecular flexibility index (Phi) is 4.35. The van der Waals surface area contributed by atoms with E-state index in [4.69, 9.17) is 9.84 Å². The van der Waals surface area contributed by atoms with Gasteiger partial charge in [0.15, 0.2) is 0 Å². The topological polar surface area (TPSA) is 46.5 Å². The van der Waals surface area contributed by atoms with Gasteiger partial charge < -0.3 is 9.84 Å². The van der Waals surface area contributed by atoms with Crippen LogP contribution in [0, 0.1) is 5.92 Å². The van der Waals surface area contributed by atoms with Gasteiger partial charge in [-0.1, -0.05) is 32.0 Å². The van der Waals surface area contributed by atoms with Crippen LogP contribution in [0.15, 0.2) is 24.3 Å². The van der Waals surface area contributed by atoms with Gasteiger partial charge in [0, 0.05) is 0 Å². The molecule has 0 bridgehead atoms. The fourth-order valence-electron chi connectivity index (χ4n) is 1.38. The van der Waals surface area contributed by atoms with Crippen LogP contribution in [0.25, 0.3) is 0 Å². The Balaban J connectivity index is 2.70. The van der Waals surface area contributed by atoms with Crippen LogP contribution in [-0.2, 0) is 4.79 Å². The highest BCUT2D eigenvalue weighted by molar-refractivity contribution is 5.69. The van der Waals surface area contributed by atoms with Crippen LogP contribution in [0.4, 0.5) is 0 Å². The minimum atomic E-state index is -0.831. The zero-order valence-electron chi connectivity index (χ0n) is 9.93. The van der Waals surface area contributed by atoms with Gasteiger partial charge in [0.25, 0.3) is 0 Å². The predicted octanol–water partition coefficient (Wildman–Crippen LogP) is 2.91. The molecule has 0 spiro atoms. The van der Waals surface area contributed by atoms with Crippen molar-refractivity contribution in [2.24, 2.45) is 5.92 Å². The van der Waals surface area contributed by atoms with Crippen molar-refractivity contribution in [3.8, 4) is 5.75 Å². The number of ether oxygens (including phenoxy) is 1. The summed E-state index contributed by atoms with van der Waals surface area (Å²) < 4.78 is 5.54. The van der Waals surface area contributed by atoms with E-state index in [0.717, 1.165) is 11.3 Å². The van der Waals surface area contributed by atoms with Crippen molar-refractivity contribution >= 4 is 5.97 Å². The third kappa shape index (κ3) is 3.26. The fraction of sp³-hybridized carbons (Fsp3) is 0.462. The van der Waals surface area contributed by atoms with Gasteiger partial charge in [-0.15, -0.1) is 0 Å². The molecule has 0 saturated carbocycles. The Morgan fingerprint density at radius 2 is 1.94 bits per heavy atom. The zero-order chi connectivity index (χ0) is 12.1. The third-order valence-corrected chi connectivity index (χ3v) is 2.45. The van der Waals surface area contributed by atoms with E-state index in [-0.39, 0.29) is 6.61 Å². The van der Waals surface area contributed by atoms with E-state index in [2.05, 4.69) is 13.8 Å². The molecule has 0 fully saturated rings. The van der Waals surface area contributed by atoms with Gasteiger partial charge in [0.05, 0.1) is 5.92 Å². The van der Waals surface area contributed by atoms with Gasteiger partial charge in [0.2, 0.25) is 0 Å². The molecule has 3 heteroatoms. The number of carboxylic acids is 1. The van der Waals surface area contributed by atoms with Crippen molar-refractivity contribution < 1.29 is 14.6 Å². The Morgan fingerprint density at radius 1 is 1.31 bits per heavy atom. The van der Waals surface area contributed by atoms with Crippen molar-refractivity contribution in [1.29, 1.82) is 0 Å². The molecule has 1 unspecified atom stereocenters. The third-order valence-electron chi connectivity index (χ3n) is 2.45. The summed E-state index contributed by atoms with van der Waals surface area (Å²) in [4.78, 5) is 10.7. The number of carboxylic acid groups (broad SMARTS) is 1. The summed E-state index contributed by atoms with van der Waals surface area (Å²) in [5.74, 6) is -0.163. The molecule has 1 aromatic carbocycles. The normalized spacial score (nSPS) is 12.5. The summed E-state index contributed by atoms with van der Waals surface area (Å²) in [6.45, 7) is 6.02. The van der Waals surface area contributed by atoms with Gasteiger partial charge in [0.1, 0.15) is 12.4 Å². The van der Waals surface area contributed by atoms with E-state index < -0.39 is 11.9 Å². The van der Waals surface area contributed by atoms with Gasteiger partial charge in [-0.3, -0.25) is 4.79 Å². The van der Waals surface area contributed by atoms with Crippen LogP contribution in [0.5, 0.6) is 5.75 Å². The predicted molar refractivity (Wildman–Crippen MR) is 62.8 cm³/mol. The maximum atomic E-state index is 10.7. The lowest BCUT2D eigenvalue weighted by atomic mass is 10.0. The summed E-state index contributed by atoms with van der Waals surface area (Å²) in [5.41, 5.74) is 1.11. The first-order valence-corrected chi connectivity index (χ1v) is 5.47. The lowest BCUT2D eigenvalue weighted by Gasteiger charge is -2.15. The van der Waals surface area contributed by atoms with Gasteiger partial charge in [-0.05, 0) is 24.5 Å². The Bertz CT molecular complexity index is 358. The number of para-hydroxylation sites is 1. The van der Waals surface area contributed by atoms with E-state index >= 15 is 0 Å². The molecule has 0 saturated heterocycles. The average molecular weight is 222 g/mol. The molecule has 0 radical (unpaired) electrons. The van der Waals surface area contributed by atoms with Crippen LogP contribution in [0.2, 0.25) is 0 Å². The number of rotatable bonds is 5. The molecule has 88 valence electrons. The first-order chi connectivity index (χ1) is 7.52. The van der Waals surface area contributed by atoms with E-state index in [9.17, 15) is 4.79 Å². The minimum absolute atomic E-state index is 0.207. The number of benzene rings is 1. The first kappa shape index (κ1) is 12.6. The molecule has 0 heterocycles. The molecule has 1 aromatic rings. The molecule has 16 heavy (non-hydrogen) atoms. The molecule has 1 N–H and O–H groups in total. The van der Waals surface area contributed by atoms with Crippen LogP contribution in [-0.4, -0.2) is 17.7 Å².